The van der Waals surface area contributed by atoms with Gasteiger partial charge in [0, 0.05) is 19.0 Å². The van der Waals surface area contributed by atoms with Crippen LogP contribution in [0.15, 0.2) is 0 Å². The van der Waals surface area contributed by atoms with E-state index < -0.39 is 12.0 Å². The fourth-order valence-corrected chi connectivity index (χ4v) is 0.850. The molecule has 0 bridgehead atoms. The molecule has 1 atom stereocenters. The molecule has 0 aliphatic heterocycles. The Kier molecular flexibility index (Phi) is 5.87. The van der Waals surface area contributed by atoms with Crippen molar-refractivity contribution in [3.8, 4) is 0 Å². The summed E-state index contributed by atoms with van der Waals surface area (Å²) >= 11 is 0. The van der Waals surface area contributed by atoms with Crippen molar-refractivity contribution in [2.45, 2.75) is 39.3 Å². The van der Waals surface area contributed by atoms with Crippen LogP contribution in [0.3, 0.4) is 0 Å². The molecule has 1 unspecified atom stereocenters. The van der Waals surface area contributed by atoms with E-state index in [2.05, 4.69) is 10.6 Å². The lowest BCUT2D eigenvalue weighted by Gasteiger charge is -2.10. The monoisotopic (exact) mass is 202 g/mol. The molecule has 0 saturated heterocycles. The molecule has 0 fully saturated rings. The van der Waals surface area contributed by atoms with Gasteiger partial charge in [-0.1, -0.05) is 13.8 Å². The number of nitrogens with one attached hydrogen (secondary N) is 2. The molecule has 0 rings (SSSR count). The van der Waals surface area contributed by atoms with Gasteiger partial charge in [-0.25, -0.2) is 0 Å². The summed E-state index contributed by atoms with van der Waals surface area (Å²) in [7, 11) is 0. The van der Waals surface area contributed by atoms with Gasteiger partial charge in [0.25, 0.3) is 0 Å². The predicted molar refractivity (Wildman–Crippen MR) is 53.0 cm³/mol. The van der Waals surface area contributed by atoms with Crippen LogP contribution in [0.1, 0.15) is 27.2 Å². The number of rotatable bonds is 6. The minimum atomic E-state index is -1.02. The van der Waals surface area contributed by atoms with Crippen molar-refractivity contribution in [2.24, 2.45) is 0 Å². The molecule has 1 amide bonds. The van der Waals surface area contributed by atoms with Gasteiger partial charge in [-0.2, -0.15) is 0 Å². The third kappa shape index (κ3) is 6.42. The molecule has 14 heavy (non-hydrogen) atoms. The van der Waals surface area contributed by atoms with Crippen LogP contribution in [0.25, 0.3) is 0 Å². The number of amides is 1. The number of aliphatic carboxylic acids is 1. The third-order valence-corrected chi connectivity index (χ3v) is 1.65. The van der Waals surface area contributed by atoms with Crippen LogP contribution in [0.5, 0.6) is 0 Å². The molecule has 5 heteroatoms. The lowest BCUT2D eigenvalue weighted by molar-refractivity contribution is -0.141. The number of hydrogen-bond donors (Lipinski definition) is 3. The van der Waals surface area contributed by atoms with Crippen molar-refractivity contribution < 1.29 is 14.7 Å². The zero-order chi connectivity index (χ0) is 11.1. The molecule has 82 valence electrons. The maximum Gasteiger partial charge on any atom is 0.325 e. The molecule has 5 nitrogen and oxygen atoms in total. The lowest BCUT2D eigenvalue weighted by Crippen LogP contribution is -2.39. The molecule has 0 aliphatic carbocycles. The van der Waals surface area contributed by atoms with Crippen molar-refractivity contribution >= 4 is 11.9 Å². The average molecular weight is 202 g/mol. The van der Waals surface area contributed by atoms with E-state index in [0.29, 0.717) is 19.0 Å². The minimum absolute atomic E-state index is 0.243. The first-order valence-corrected chi connectivity index (χ1v) is 4.69. The predicted octanol–water partition coefficient (Wildman–Crippen LogP) is -0.0362. The first-order chi connectivity index (χ1) is 6.43. The Labute approximate surface area is 83.9 Å². The van der Waals surface area contributed by atoms with E-state index in [1.54, 1.807) is 0 Å². The maximum atomic E-state index is 11.1. The van der Waals surface area contributed by atoms with Crippen molar-refractivity contribution in [3.63, 3.8) is 0 Å². The standard InChI is InChI=1S/C9H18N2O3/c1-6(2)10-5-4-8(12)11-7(3)9(13)14/h6-7,10H,4-5H2,1-3H3,(H,11,12)(H,13,14). The molecule has 0 spiro atoms. The van der Waals surface area contributed by atoms with E-state index in [-0.39, 0.29) is 5.91 Å². The van der Waals surface area contributed by atoms with Gasteiger partial charge in [0.05, 0.1) is 0 Å². The molecule has 0 saturated carbocycles. The van der Waals surface area contributed by atoms with Crippen LogP contribution in [0.2, 0.25) is 0 Å². The van der Waals surface area contributed by atoms with E-state index in [4.69, 9.17) is 5.11 Å². The van der Waals surface area contributed by atoms with Gasteiger partial charge in [-0.3, -0.25) is 9.59 Å². The van der Waals surface area contributed by atoms with E-state index in [0.717, 1.165) is 0 Å². The lowest BCUT2D eigenvalue weighted by atomic mass is 10.3. The smallest absolute Gasteiger partial charge is 0.325 e. The van der Waals surface area contributed by atoms with Crippen molar-refractivity contribution in [2.75, 3.05) is 6.54 Å². The summed E-state index contributed by atoms with van der Waals surface area (Å²) in [6.07, 6.45) is 0.301. The number of carbonyl (C=O) groups excluding carboxylic acids is 1. The van der Waals surface area contributed by atoms with Gasteiger partial charge in [-0.05, 0) is 6.92 Å². The number of carbonyl (C=O) groups is 2. The summed E-state index contributed by atoms with van der Waals surface area (Å²) in [6.45, 7) is 5.97. The molecule has 0 radical (unpaired) electrons. The zero-order valence-corrected chi connectivity index (χ0v) is 8.83. The van der Waals surface area contributed by atoms with E-state index in [1.165, 1.54) is 6.92 Å². The highest BCUT2D eigenvalue weighted by molar-refractivity contribution is 5.83. The van der Waals surface area contributed by atoms with E-state index in [9.17, 15) is 9.59 Å². The van der Waals surface area contributed by atoms with Crippen LogP contribution < -0.4 is 10.6 Å². The fraction of sp³-hybridized carbons (Fsp3) is 0.778. The summed E-state index contributed by atoms with van der Waals surface area (Å²) in [5.41, 5.74) is 0. The quantitative estimate of drug-likeness (QED) is 0.565. The minimum Gasteiger partial charge on any atom is -0.480 e. The largest absolute Gasteiger partial charge is 0.480 e. The summed E-state index contributed by atoms with van der Waals surface area (Å²) < 4.78 is 0. The van der Waals surface area contributed by atoms with Gasteiger partial charge in [0.2, 0.25) is 5.91 Å². The van der Waals surface area contributed by atoms with Crippen LogP contribution in [0, 0.1) is 0 Å². The molecule has 0 heterocycles. The molecule has 3 N–H and O–H groups in total. The molecular formula is C9H18N2O3. The number of carboxylic acids is 1. The van der Waals surface area contributed by atoms with Gasteiger partial charge in [0.15, 0.2) is 0 Å². The van der Waals surface area contributed by atoms with Crippen LogP contribution in [0.4, 0.5) is 0 Å². The molecular weight excluding hydrogens is 184 g/mol. The zero-order valence-electron chi connectivity index (χ0n) is 8.83. The Bertz CT molecular complexity index is 204. The Morgan fingerprint density at radius 3 is 2.29 bits per heavy atom. The van der Waals surface area contributed by atoms with Crippen LogP contribution in [-0.2, 0) is 9.59 Å². The van der Waals surface area contributed by atoms with Crippen LogP contribution in [-0.4, -0.2) is 35.6 Å². The topological polar surface area (TPSA) is 78.4 Å². The summed E-state index contributed by atoms with van der Waals surface area (Å²) in [6, 6.07) is -0.485. The maximum absolute atomic E-state index is 11.1. The van der Waals surface area contributed by atoms with Gasteiger partial charge < -0.3 is 15.7 Å². The second-order valence-corrected chi connectivity index (χ2v) is 3.49. The van der Waals surface area contributed by atoms with Crippen molar-refractivity contribution in [3.05, 3.63) is 0 Å². The van der Waals surface area contributed by atoms with Crippen molar-refractivity contribution in [1.29, 1.82) is 0 Å². The van der Waals surface area contributed by atoms with Crippen molar-refractivity contribution in [1.82, 2.24) is 10.6 Å². The second-order valence-electron chi connectivity index (χ2n) is 3.49. The van der Waals surface area contributed by atoms with Gasteiger partial charge >= 0.3 is 5.97 Å². The first kappa shape index (κ1) is 12.9. The summed E-state index contributed by atoms with van der Waals surface area (Å²) in [5, 5.41) is 14.0. The fourth-order valence-electron chi connectivity index (χ4n) is 0.850. The number of carboxylic acid groups (broad SMARTS) is 1. The second kappa shape index (κ2) is 6.37. The van der Waals surface area contributed by atoms with E-state index >= 15 is 0 Å². The van der Waals surface area contributed by atoms with Crippen LogP contribution >= 0.6 is 0 Å². The molecule has 0 aromatic rings. The Morgan fingerprint density at radius 2 is 1.86 bits per heavy atom. The van der Waals surface area contributed by atoms with Gasteiger partial charge in [-0.15, -0.1) is 0 Å². The highest BCUT2D eigenvalue weighted by atomic mass is 16.4. The third-order valence-electron chi connectivity index (χ3n) is 1.65. The Balaban J connectivity index is 3.60. The Morgan fingerprint density at radius 1 is 1.29 bits per heavy atom. The average Bonchev–Trinajstić information content (AvgIpc) is 2.02. The van der Waals surface area contributed by atoms with E-state index in [1.807, 2.05) is 13.8 Å². The molecule has 0 aromatic carbocycles. The highest BCUT2D eigenvalue weighted by Gasteiger charge is 2.13. The highest BCUT2D eigenvalue weighted by Crippen LogP contribution is 1.85. The van der Waals surface area contributed by atoms with Gasteiger partial charge in [0.1, 0.15) is 6.04 Å². The molecule has 0 aliphatic rings. The normalized spacial score (nSPS) is 12.6. The Hall–Kier alpha value is -1.10. The first-order valence-electron chi connectivity index (χ1n) is 4.69. The number of hydrogen-bond acceptors (Lipinski definition) is 3. The molecule has 0 aromatic heterocycles. The SMILES string of the molecule is CC(C)NCCC(=O)NC(C)C(=O)O. The summed E-state index contributed by atoms with van der Waals surface area (Å²) in [5.74, 6) is -1.26. The summed E-state index contributed by atoms with van der Waals surface area (Å²) in [4.78, 5) is 21.5.